The minimum Gasteiger partial charge on any atom is -0.494 e. The van der Waals surface area contributed by atoms with Crippen molar-refractivity contribution in [2.75, 3.05) is 19.0 Å². The van der Waals surface area contributed by atoms with E-state index < -0.39 is 0 Å². The van der Waals surface area contributed by atoms with Crippen LogP contribution in [-0.2, 0) is 6.42 Å². The van der Waals surface area contributed by atoms with E-state index in [0.717, 1.165) is 41.7 Å². The molecule has 0 aliphatic rings. The van der Waals surface area contributed by atoms with E-state index in [9.17, 15) is 0 Å². The number of fused-ring (bicyclic) bond motifs is 1. The average Bonchev–Trinajstić information content (AvgIpc) is 2.66. The second-order valence-electron chi connectivity index (χ2n) is 5.69. The molecule has 0 saturated carbocycles. The zero-order valence-electron chi connectivity index (χ0n) is 14.2. The Kier molecular flexibility index (Phi) is 5.80. The van der Waals surface area contributed by atoms with Gasteiger partial charge < -0.3 is 15.4 Å². The molecule has 0 aliphatic heterocycles. The summed E-state index contributed by atoms with van der Waals surface area (Å²) in [5, 5.41) is 8.12. The summed E-state index contributed by atoms with van der Waals surface area (Å²) in [7, 11) is 1.65. The van der Waals surface area contributed by atoms with Gasteiger partial charge in [-0.25, -0.2) is 0 Å². The van der Waals surface area contributed by atoms with Gasteiger partial charge >= 0.3 is 0 Å². The fourth-order valence-electron chi connectivity index (χ4n) is 2.73. The number of aromatic nitrogens is 1. The Morgan fingerprint density at radius 1 is 1.08 bits per heavy atom. The van der Waals surface area contributed by atoms with E-state index in [1.807, 2.05) is 30.3 Å². The third kappa shape index (κ3) is 4.45. The molecule has 0 amide bonds. The van der Waals surface area contributed by atoms with Crippen LogP contribution in [0.15, 0.2) is 60.8 Å². The lowest BCUT2D eigenvalue weighted by Crippen LogP contribution is -2.29. The molecule has 0 bridgehead atoms. The number of methoxy groups -OCH3 is 1. The van der Waals surface area contributed by atoms with E-state index in [2.05, 4.69) is 39.9 Å². The van der Waals surface area contributed by atoms with E-state index in [4.69, 9.17) is 17.0 Å². The molecule has 2 N–H and O–H groups in total. The number of hydrogen-bond donors (Lipinski definition) is 2. The normalized spacial score (nSPS) is 10.4. The highest BCUT2D eigenvalue weighted by Gasteiger charge is 2.08. The first-order valence-electron chi connectivity index (χ1n) is 8.28. The largest absolute Gasteiger partial charge is 0.494 e. The molecular formula is C20H21N3OS. The third-order valence-electron chi connectivity index (χ3n) is 3.97. The first-order chi connectivity index (χ1) is 12.3. The van der Waals surface area contributed by atoms with Gasteiger partial charge in [0, 0.05) is 23.8 Å². The fraction of sp³-hybridized carbons (Fsp3) is 0.200. The van der Waals surface area contributed by atoms with Crippen LogP contribution >= 0.6 is 12.2 Å². The van der Waals surface area contributed by atoms with Crippen LogP contribution in [0.1, 0.15) is 12.0 Å². The summed E-state index contributed by atoms with van der Waals surface area (Å²) in [6, 6.07) is 18.2. The Morgan fingerprint density at radius 3 is 2.72 bits per heavy atom. The van der Waals surface area contributed by atoms with E-state index in [1.54, 1.807) is 13.3 Å². The van der Waals surface area contributed by atoms with Crippen LogP contribution in [0.2, 0.25) is 0 Å². The zero-order chi connectivity index (χ0) is 17.5. The van der Waals surface area contributed by atoms with Crippen LogP contribution in [0.4, 0.5) is 5.69 Å². The quantitative estimate of drug-likeness (QED) is 0.516. The number of thiocarbonyl (C=S) groups is 1. The summed E-state index contributed by atoms with van der Waals surface area (Å²) < 4.78 is 5.37. The summed E-state index contributed by atoms with van der Waals surface area (Å²) in [5.74, 6) is 0.753. The summed E-state index contributed by atoms with van der Waals surface area (Å²) in [4.78, 5) is 4.40. The molecule has 0 spiro atoms. The number of anilines is 1. The summed E-state index contributed by atoms with van der Waals surface area (Å²) in [5.41, 5.74) is 3.08. The van der Waals surface area contributed by atoms with Crippen molar-refractivity contribution in [3.63, 3.8) is 0 Å². The van der Waals surface area contributed by atoms with Crippen molar-refractivity contribution in [1.82, 2.24) is 10.3 Å². The summed E-state index contributed by atoms with van der Waals surface area (Å²) in [6.07, 6.45) is 3.82. The number of benzene rings is 2. The minimum atomic E-state index is 0.614. The smallest absolute Gasteiger partial charge is 0.170 e. The number of rotatable bonds is 6. The van der Waals surface area contributed by atoms with Gasteiger partial charge in [-0.15, -0.1) is 0 Å². The van der Waals surface area contributed by atoms with E-state index in [0.29, 0.717) is 5.11 Å². The molecule has 128 valence electrons. The average molecular weight is 351 g/mol. The molecule has 3 aromatic rings. The van der Waals surface area contributed by atoms with Crippen molar-refractivity contribution in [1.29, 1.82) is 0 Å². The fourth-order valence-corrected chi connectivity index (χ4v) is 2.94. The van der Waals surface area contributed by atoms with Crippen LogP contribution in [0.25, 0.3) is 10.9 Å². The molecule has 0 unspecified atom stereocenters. The maximum Gasteiger partial charge on any atom is 0.170 e. The van der Waals surface area contributed by atoms with Crippen LogP contribution < -0.4 is 15.4 Å². The second kappa shape index (κ2) is 8.44. The molecule has 3 rings (SSSR count). The second-order valence-corrected chi connectivity index (χ2v) is 6.09. The number of nitrogens with one attached hydrogen (secondary N) is 2. The maximum atomic E-state index is 5.42. The van der Waals surface area contributed by atoms with Gasteiger partial charge in [0.25, 0.3) is 0 Å². The lowest BCUT2D eigenvalue weighted by Gasteiger charge is -2.13. The number of aryl methyl sites for hydroxylation is 1. The molecule has 5 heteroatoms. The van der Waals surface area contributed by atoms with Crippen LogP contribution in [0.5, 0.6) is 5.75 Å². The van der Waals surface area contributed by atoms with E-state index >= 15 is 0 Å². The van der Waals surface area contributed by atoms with Gasteiger partial charge in [-0.3, -0.25) is 4.98 Å². The predicted octanol–water partition coefficient (Wildman–Crippen LogP) is 4.16. The van der Waals surface area contributed by atoms with Gasteiger partial charge in [0.2, 0.25) is 0 Å². The van der Waals surface area contributed by atoms with Crippen molar-refractivity contribution in [2.24, 2.45) is 0 Å². The molecule has 1 heterocycles. The van der Waals surface area contributed by atoms with Crippen molar-refractivity contribution >= 4 is 33.9 Å². The third-order valence-corrected chi connectivity index (χ3v) is 4.22. The van der Waals surface area contributed by atoms with Gasteiger partial charge in [-0.05, 0) is 54.9 Å². The molecular weight excluding hydrogens is 330 g/mol. The van der Waals surface area contributed by atoms with Crippen LogP contribution in [-0.4, -0.2) is 23.8 Å². The molecule has 1 aromatic heterocycles. The van der Waals surface area contributed by atoms with Gasteiger partial charge in [0.15, 0.2) is 5.11 Å². The maximum absolute atomic E-state index is 5.42. The lowest BCUT2D eigenvalue weighted by atomic mass is 10.1. The number of nitrogens with zero attached hydrogens (tertiary/aromatic N) is 1. The van der Waals surface area contributed by atoms with Crippen molar-refractivity contribution in [3.05, 3.63) is 66.4 Å². The van der Waals surface area contributed by atoms with Crippen molar-refractivity contribution < 1.29 is 4.74 Å². The molecule has 0 saturated heterocycles. The molecule has 4 nitrogen and oxygen atoms in total. The van der Waals surface area contributed by atoms with Gasteiger partial charge in [-0.1, -0.05) is 30.3 Å². The Morgan fingerprint density at radius 2 is 1.92 bits per heavy atom. The highest BCUT2D eigenvalue weighted by Crippen LogP contribution is 2.29. The number of ether oxygens (including phenoxy) is 1. The first kappa shape index (κ1) is 17.2. The van der Waals surface area contributed by atoms with Gasteiger partial charge in [-0.2, -0.15) is 0 Å². The van der Waals surface area contributed by atoms with Crippen molar-refractivity contribution in [3.8, 4) is 5.75 Å². The van der Waals surface area contributed by atoms with Crippen LogP contribution in [0, 0.1) is 0 Å². The number of hydrogen-bond acceptors (Lipinski definition) is 3. The highest BCUT2D eigenvalue weighted by molar-refractivity contribution is 7.80. The SMILES string of the molecule is COc1ccc(NC(=S)NCCCc2ccccc2)c2cccnc12. The predicted molar refractivity (Wildman–Crippen MR) is 107 cm³/mol. The summed E-state index contributed by atoms with van der Waals surface area (Å²) >= 11 is 5.42. The standard InChI is InChI=1S/C20H21N3OS/c1-24-18-12-11-17(16-10-6-13-21-19(16)18)23-20(25)22-14-5-9-15-7-3-2-4-8-15/h2-4,6-8,10-13H,5,9,14H2,1H3,(H2,22,23,25). The Labute approximate surface area is 153 Å². The Hall–Kier alpha value is -2.66. The molecule has 2 aromatic carbocycles. The van der Waals surface area contributed by atoms with Crippen LogP contribution in [0.3, 0.4) is 0 Å². The van der Waals surface area contributed by atoms with E-state index in [-0.39, 0.29) is 0 Å². The van der Waals surface area contributed by atoms with Gasteiger partial charge in [0.1, 0.15) is 11.3 Å². The number of pyridine rings is 1. The topological polar surface area (TPSA) is 46.2 Å². The molecule has 0 radical (unpaired) electrons. The molecule has 0 fully saturated rings. The minimum absolute atomic E-state index is 0.614. The van der Waals surface area contributed by atoms with Crippen molar-refractivity contribution in [2.45, 2.75) is 12.8 Å². The monoisotopic (exact) mass is 351 g/mol. The summed E-state index contributed by atoms with van der Waals surface area (Å²) in [6.45, 7) is 0.826. The zero-order valence-corrected chi connectivity index (χ0v) is 15.0. The van der Waals surface area contributed by atoms with E-state index in [1.165, 1.54) is 5.56 Å². The molecule has 0 atom stereocenters. The highest BCUT2D eigenvalue weighted by atomic mass is 32.1. The Balaban J connectivity index is 1.57. The first-order valence-corrected chi connectivity index (χ1v) is 8.69. The molecule has 25 heavy (non-hydrogen) atoms. The lowest BCUT2D eigenvalue weighted by molar-refractivity contribution is 0.419. The van der Waals surface area contributed by atoms with Gasteiger partial charge in [0.05, 0.1) is 7.11 Å². The molecule has 0 aliphatic carbocycles. The Bertz CT molecular complexity index is 852.